The number of nitrogens with zero attached hydrogens (tertiary/aromatic N) is 1. The van der Waals surface area contributed by atoms with Crippen molar-refractivity contribution in [2.24, 2.45) is 5.92 Å². The van der Waals surface area contributed by atoms with Crippen molar-refractivity contribution < 1.29 is 19.9 Å². The lowest BCUT2D eigenvalue weighted by Crippen LogP contribution is -2.13. The fraction of sp³-hybridized carbons (Fsp3) is 0.300. The van der Waals surface area contributed by atoms with Crippen molar-refractivity contribution >= 4 is 17.2 Å². The number of phenolic OH excluding ortho intramolecular Hbond substituents is 2. The topological polar surface area (TPSA) is 127 Å². The number of carbonyl (C=O) groups is 1. The summed E-state index contributed by atoms with van der Waals surface area (Å²) < 4.78 is 0. The third-order valence-electron chi connectivity index (χ3n) is 2.24. The van der Waals surface area contributed by atoms with Crippen molar-refractivity contribution in [3.05, 3.63) is 21.7 Å². The van der Waals surface area contributed by atoms with Crippen LogP contribution in [0.5, 0.6) is 11.5 Å². The van der Waals surface area contributed by atoms with Crippen LogP contribution in [0.4, 0.5) is 11.4 Å². The molecule has 0 aliphatic rings. The molecule has 0 atom stereocenters. The standard InChI is InChI=1S/C10H12N2O5/c1-4(2)9(14)7-5(11)3-6(13)10(15)8(7)12(16)17/h3-4,13,15H,11H2,1-2H3. The molecule has 0 amide bonds. The van der Waals surface area contributed by atoms with Crippen LogP contribution in [0.2, 0.25) is 0 Å². The highest BCUT2D eigenvalue weighted by Gasteiger charge is 2.31. The van der Waals surface area contributed by atoms with Gasteiger partial charge in [0.2, 0.25) is 5.75 Å². The number of aromatic hydroxyl groups is 2. The number of phenols is 2. The minimum absolute atomic E-state index is 0.231. The first kappa shape index (κ1) is 12.8. The first-order valence-electron chi connectivity index (χ1n) is 4.80. The fourth-order valence-corrected chi connectivity index (χ4v) is 1.39. The number of nitro groups is 1. The molecule has 0 saturated heterocycles. The molecule has 1 rings (SSSR count). The molecule has 7 nitrogen and oxygen atoms in total. The van der Waals surface area contributed by atoms with Gasteiger partial charge < -0.3 is 15.9 Å². The van der Waals surface area contributed by atoms with Gasteiger partial charge in [-0.15, -0.1) is 0 Å². The lowest BCUT2D eigenvalue weighted by Gasteiger charge is -2.10. The van der Waals surface area contributed by atoms with Crippen molar-refractivity contribution in [3.63, 3.8) is 0 Å². The number of Topliss-reactive ketones (excluding diaryl/α,β-unsaturated/α-hetero) is 1. The van der Waals surface area contributed by atoms with Crippen LogP contribution >= 0.6 is 0 Å². The van der Waals surface area contributed by atoms with Gasteiger partial charge in [0.15, 0.2) is 11.5 Å². The van der Waals surface area contributed by atoms with Crippen LogP contribution in [0.15, 0.2) is 6.07 Å². The molecule has 0 heterocycles. The van der Waals surface area contributed by atoms with Gasteiger partial charge >= 0.3 is 5.69 Å². The van der Waals surface area contributed by atoms with Gasteiger partial charge in [-0.25, -0.2) is 0 Å². The number of carbonyl (C=O) groups excluding carboxylic acids is 1. The summed E-state index contributed by atoms with van der Waals surface area (Å²) in [6.07, 6.45) is 0. The summed E-state index contributed by atoms with van der Waals surface area (Å²) in [4.78, 5) is 21.6. The molecule has 1 aromatic carbocycles. The molecule has 0 aromatic heterocycles. The zero-order chi connectivity index (χ0) is 13.3. The first-order valence-corrected chi connectivity index (χ1v) is 4.80. The molecular weight excluding hydrogens is 228 g/mol. The number of nitrogens with two attached hydrogens (primary N) is 1. The molecule has 0 saturated carbocycles. The Hall–Kier alpha value is -2.31. The summed E-state index contributed by atoms with van der Waals surface area (Å²) in [6, 6.07) is 0.915. The summed E-state index contributed by atoms with van der Waals surface area (Å²) >= 11 is 0. The number of hydrogen-bond donors (Lipinski definition) is 3. The minimum Gasteiger partial charge on any atom is -0.504 e. The maximum atomic E-state index is 11.8. The van der Waals surface area contributed by atoms with E-state index in [2.05, 4.69) is 0 Å². The van der Waals surface area contributed by atoms with Gasteiger partial charge in [0.25, 0.3) is 0 Å². The Morgan fingerprint density at radius 3 is 2.41 bits per heavy atom. The zero-order valence-electron chi connectivity index (χ0n) is 9.30. The van der Waals surface area contributed by atoms with Gasteiger partial charge in [-0.1, -0.05) is 13.8 Å². The number of rotatable bonds is 3. The molecule has 0 spiro atoms. The number of nitrogen functional groups attached to an aromatic ring is 1. The summed E-state index contributed by atoms with van der Waals surface area (Å²) in [5.41, 5.74) is 4.01. The summed E-state index contributed by atoms with van der Waals surface area (Å²) in [7, 11) is 0. The molecule has 4 N–H and O–H groups in total. The van der Waals surface area contributed by atoms with Crippen molar-refractivity contribution in [1.82, 2.24) is 0 Å². The largest absolute Gasteiger partial charge is 0.504 e. The minimum atomic E-state index is -0.951. The van der Waals surface area contributed by atoms with Crippen LogP contribution in [0.1, 0.15) is 24.2 Å². The molecule has 0 aliphatic heterocycles. The van der Waals surface area contributed by atoms with Gasteiger partial charge in [0.05, 0.1) is 10.6 Å². The maximum absolute atomic E-state index is 11.8. The van der Waals surface area contributed by atoms with Crippen LogP contribution in [-0.2, 0) is 0 Å². The number of ketones is 1. The molecular formula is C10H12N2O5. The third-order valence-corrected chi connectivity index (χ3v) is 2.24. The van der Waals surface area contributed by atoms with Crippen LogP contribution < -0.4 is 5.73 Å². The van der Waals surface area contributed by atoms with Gasteiger partial charge in [0, 0.05) is 12.0 Å². The molecule has 7 heteroatoms. The second-order valence-electron chi connectivity index (χ2n) is 3.83. The average Bonchev–Trinajstić information content (AvgIpc) is 2.21. The maximum Gasteiger partial charge on any atom is 0.327 e. The van der Waals surface area contributed by atoms with Crippen LogP contribution in [0, 0.1) is 16.0 Å². The van der Waals surface area contributed by atoms with E-state index < -0.39 is 33.8 Å². The van der Waals surface area contributed by atoms with E-state index in [0.29, 0.717) is 0 Å². The highest BCUT2D eigenvalue weighted by Crippen LogP contribution is 2.42. The van der Waals surface area contributed by atoms with E-state index in [1.807, 2.05) is 0 Å². The SMILES string of the molecule is CC(C)C(=O)c1c(N)cc(O)c(O)c1[N+](=O)[O-]. The lowest BCUT2D eigenvalue weighted by atomic mass is 9.97. The lowest BCUT2D eigenvalue weighted by molar-refractivity contribution is -0.386. The Bertz CT molecular complexity index is 496. The average molecular weight is 240 g/mol. The molecule has 92 valence electrons. The Balaban J connectivity index is 3.64. The Labute approximate surface area is 96.6 Å². The Morgan fingerprint density at radius 2 is 2.00 bits per heavy atom. The van der Waals surface area contributed by atoms with Gasteiger partial charge in [-0.2, -0.15) is 0 Å². The monoisotopic (exact) mass is 240 g/mol. The Kier molecular flexibility index (Phi) is 3.21. The summed E-state index contributed by atoms with van der Waals surface area (Å²) in [5, 5.41) is 29.4. The van der Waals surface area contributed by atoms with E-state index >= 15 is 0 Å². The normalized spacial score (nSPS) is 10.5. The van der Waals surface area contributed by atoms with E-state index in [-0.39, 0.29) is 11.3 Å². The zero-order valence-corrected chi connectivity index (χ0v) is 9.30. The van der Waals surface area contributed by atoms with Gasteiger partial charge in [0.1, 0.15) is 5.56 Å². The molecule has 0 aliphatic carbocycles. The van der Waals surface area contributed by atoms with Crippen LogP contribution in [0.3, 0.4) is 0 Å². The van der Waals surface area contributed by atoms with E-state index in [4.69, 9.17) is 5.73 Å². The van der Waals surface area contributed by atoms with Crippen molar-refractivity contribution in [1.29, 1.82) is 0 Å². The number of nitro benzene ring substituents is 1. The molecule has 1 aromatic rings. The predicted molar refractivity (Wildman–Crippen MR) is 60.0 cm³/mol. The van der Waals surface area contributed by atoms with E-state index in [9.17, 15) is 25.1 Å². The van der Waals surface area contributed by atoms with Crippen molar-refractivity contribution in [2.75, 3.05) is 5.73 Å². The number of anilines is 1. The van der Waals surface area contributed by atoms with Gasteiger partial charge in [-0.3, -0.25) is 14.9 Å². The Morgan fingerprint density at radius 1 is 1.47 bits per heavy atom. The van der Waals surface area contributed by atoms with Gasteiger partial charge in [-0.05, 0) is 0 Å². The fourth-order valence-electron chi connectivity index (χ4n) is 1.39. The van der Waals surface area contributed by atoms with Crippen molar-refractivity contribution in [3.8, 4) is 11.5 Å². The van der Waals surface area contributed by atoms with E-state index in [1.54, 1.807) is 13.8 Å². The van der Waals surface area contributed by atoms with Crippen molar-refractivity contribution in [2.45, 2.75) is 13.8 Å². The second kappa shape index (κ2) is 4.28. The first-order chi connectivity index (χ1) is 7.77. The number of benzene rings is 1. The highest BCUT2D eigenvalue weighted by molar-refractivity contribution is 6.07. The van der Waals surface area contributed by atoms with Crippen LogP contribution in [0.25, 0.3) is 0 Å². The van der Waals surface area contributed by atoms with E-state index in [1.165, 1.54) is 0 Å². The third kappa shape index (κ3) is 2.12. The molecule has 0 fully saturated rings. The molecule has 0 radical (unpaired) electrons. The highest BCUT2D eigenvalue weighted by atomic mass is 16.6. The summed E-state index contributed by atoms with van der Waals surface area (Å²) in [6.45, 7) is 3.10. The second-order valence-corrected chi connectivity index (χ2v) is 3.83. The molecule has 0 unspecified atom stereocenters. The smallest absolute Gasteiger partial charge is 0.327 e. The predicted octanol–water partition coefficient (Wildman–Crippen LogP) is 1.43. The number of hydrogen-bond acceptors (Lipinski definition) is 6. The van der Waals surface area contributed by atoms with Crippen LogP contribution in [-0.4, -0.2) is 20.9 Å². The molecule has 17 heavy (non-hydrogen) atoms. The van der Waals surface area contributed by atoms with E-state index in [0.717, 1.165) is 6.07 Å². The summed E-state index contributed by atoms with van der Waals surface area (Å²) in [5.74, 6) is -2.76. The molecule has 0 bridgehead atoms. The quantitative estimate of drug-likeness (QED) is 0.183.